The average molecular weight is 370 g/mol. The topological polar surface area (TPSA) is 23.6 Å². The highest BCUT2D eigenvalue weighted by Crippen LogP contribution is 2.31. The molecule has 0 aromatic heterocycles. The van der Waals surface area contributed by atoms with Crippen LogP contribution in [0.1, 0.15) is 15.9 Å². The molecule has 26 heavy (non-hydrogen) atoms. The van der Waals surface area contributed by atoms with Crippen LogP contribution in [0.4, 0.5) is 27.6 Å². The molecular weight excluding hydrogens is 355 g/mol. The van der Waals surface area contributed by atoms with Crippen molar-refractivity contribution in [3.05, 3.63) is 64.5 Å². The number of carbonyl (C=O) groups is 1. The number of carbonyl (C=O) groups excluding carboxylic acids is 1. The van der Waals surface area contributed by atoms with Crippen LogP contribution in [-0.2, 0) is 0 Å². The molecule has 2 aromatic carbocycles. The smallest absolute Gasteiger partial charge is 0.254 e. The SMILES string of the molecule is Cc1ccccc1C(=O)N1CCN(c2c(F)c(F)c(F)c(F)c2F)CC1. The molecule has 0 unspecified atom stereocenters. The molecule has 0 radical (unpaired) electrons. The fourth-order valence-corrected chi connectivity index (χ4v) is 2.99. The number of hydrogen-bond donors (Lipinski definition) is 0. The van der Waals surface area contributed by atoms with E-state index in [1.807, 2.05) is 0 Å². The minimum absolute atomic E-state index is 0.0457. The summed E-state index contributed by atoms with van der Waals surface area (Å²) in [5.74, 6) is -10.1. The maximum Gasteiger partial charge on any atom is 0.254 e. The quantitative estimate of drug-likeness (QED) is 0.458. The number of amides is 1. The lowest BCUT2D eigenvalue weighted by molar-refractivity contribution is 0.0745. The van der Waals surface area contributed by atoms with Gasteiger partial charge in [0.15, 0.2) is 23.3 Å². The summed E-state index contributed by atoms with van der Waals surface area (Å²) in [6.07, 6.45) is 0. The van der Waals surface area contributed by atoms with Crippen LogP contribution in [0, 0.1) is 36.0 Å². The van der Waals surface area contributed by atoms with Gasteiger partial charge >= 0.3 is 0 Å². The van der Waals surface area contributed by atoms with Gasteiger partial charge in [0.05, 0.1) is 0 Å². The molecule has 3 nitrogen and oxygen atoms in total. The second-order valence-electron chi connectivity index (χ2n) is 6.01. The summed E-state index contributed by atoms with van der Waals surface area (Å²) in [6, 6.07) is 6.99. The monoisotopic (exact) mass is 370 g/mol. The molecule has 2 aromatic rings. The van der Waals surface area contributed by atoms with Crippen molar-refractivity contribution in [2.45, 2.75) is 6.92 Å². The Bertz CT molecular complexity index is 834. The number of halogens is 5. The molecule has 8 heteroatoms. The van der Waals surface area contributed by atoms with E-state index in [1.165, 1.54) is 4.90 Å². The summed E-state index contributed by atoms with van der Waals surface area (Å²) in [7, 11) is 0. The third kappa shape index (κ3) is 3.00. The van der Waals surface area contributed by atoms with Gasteiger partial charge in [-0.3, -0.25) is 4.79 Å². The van der Waals surface area contributed by atoms with E-state index in [9.17, 15) is 26.7 Å². The molecule has 1 fully saturated rings. The third-order valence-corrected chi connectivity index (χ3v) is 4.45. The molecule has 1 heterocycles. The first-order valence-corrected chi connectivity index (χ1v) is 7.94. The van der Waals surface area contributed by atoms with Gasteiger partial charge in [-0.05, 0) is 18.6 Å². The summed E-state index contributed by atoms with van der Waals surface area (Å²) in [4.78, 5) is 15.1. The fraction of sp³-hybridized carbons (Fsp3) is 0.278. The molecule has 1 saturated heterocycles. The first-order chi connectivity index (χ1) is 12.3. The van der Waals surface area contributed by atoms with Gasteiger partial charge in [-0.1, -0.05) is 18.2 Å². The van der Waals surface area contributed by atoms with Gasteiger partial charge < -0.3 is 9.80 Å². The van der Waals surface area contributed by atoms with Crippen molar-refractivity contribution in [2.75, 3.05) is 31.1 Å². The van der Waals surface area contributed by atoms with E-state index in [2.05, 4.69) is 0 Å². The number of nitrogens with zero attached hydrogens (tertiary/aromatic N) is 2. The molecule has 1 amide bonds. The Kier molecular flexibility index (Phi) is 4.84. The summed E-state index contributed by atoms with van der Waals surface area (Å²) < 4.78 is 67.7. The molecule has 0 spiro atoms. The normalized spacial score (nSPS) is 14.7. The lowest BCUT2D eigenvalue weighted by Crippen LogP contribution is -2.49. The predicted octanol–water partition coefficient (Wildman–Crippen LogP) is 3.65. The highest BCUT2D eigenvalue weighted by molar-refractivity contribution is 5.95. The molecule has 0 aliphatic carbocycles. The molecule has 0 N–H and O–H groups in total. The number of aryl methyl sites for hydroxylation is 1. The maximum atomic E-state index is 13.9. The Balaban J connectivity index is 1.80. The summed E-state index contributed by atoms with van der Waals surface area (Å²) in [5, 5.41) is 0. The summed E-state index contributed by atoms with van der Waals surface area (Å²) in [5.41, 5.74) is 0.348. The van der Waals surface area contributed by atoms with Crippen LogP contribution < -0.4 is 4.90 Å². The zero-order valence-corrected chi connectivity index (χ0v) is 13.8. The van der Waals surface area contributed by atoms with Gasteiger partial charge in [-0.2, -0.15) is 0 Å². The number of rotatable bonds is 2. The van der Waals surface area contributed by atoms with Gasteiger partial charge in [0, 0.05) is 31.7 Å². The van der Waals surface area contributed by atoms with E-state index in [0.29, 0.717) is 5.56 Å². The van der Waals surface area contributed by atoms with Gasteiger partial charge in [0.1, 0.15) is 5.69 Å². The van der Waals surface area contributed by atoms with E-state index in [1.54, 1.807) is 31.2 Å². The van der Waals surface area contributed by atoms with E-state index in [0.717, 1.165) is 10.5 Å². The van der Waals surface area contributed by atoms with Gasteiger partial charge in [-0.25, -0.2) is 22.0 Å². The number of hydrogen-bond acceptors (Lipinski definition) is 2. The zero-order valence-electron chi connectivity index (χ0n) is 13.8. The number of piperazine rings is 1. The Labute approximate surface area is 146 Å². The second-order valence-corrected chi connectivity index (χ2v) is 6.01. The molecule has 138 valence electrons. The second kappa shape index (κ2) is 6.93. The molecule has 0 atom stereocenters. The van der Waals surface area contributed by atoms with Gasteiger partial charge in [0.25, 0.3) is 5.91 Å². The number of benzene rings is 2. The van der Waals surface area contributed by atoms with Crippen LogP contribution in [0.5, 0.6) is 0 Å². The van der Waals surface area contributed by atoms with Crippen LogP contribution in [0.25, 0.3) is 0 Å². The average Bonchev–Trinajstić information content (AvgIpc) is 2.65. The van der Waals surface area contributed by atoms with Crippen molar-refractivity contribution in [1.29, 1.82) is 0 Å². The van der Waals surface area contributed by atoms with Crippen LogP contribution >= 0.6 is 0 Å². The van der Waals surface area contributed by atoms with Crippen molar-refractivity contribution in [3.63, 3.8) is 0 Å². The maximum absolute atomic E-state index is 13.9. The van der Waals surface area contributed by atoms with E-state index in [4.69, 9.17) is 0 Å². The minimum Gasteiger partial charge on any atom is -0.363 e. The van der Waals surface area contributed by atoms with E-state index < -0.39 is 34.8 Å². The Morgan fingerprint density at radius 1 is 0.808 bits per heavy atom. The van der Waals surface area contributed by atoms with Crippen molar-refractivity contribution in [2.24, 2.45) is 0 Å². The summed E-state index contributed by atoms with van der Waals surface area (Å²) >= 11 is 0. The lowest BCUT2D eigenvalue weighted by atomic mass is 10.1. The van der Waals surface area contributed by atoms with E-state index in [-0.39, 0.29) is 32.1 Å². The Morgan fingerprint density at radius 3 is 1.85 bits per heavy atom. The minimum atomic E-state index is -2.18. The Hall–Kier alpha value is -2.64. The molecule has 0 bridgehead atoms. The third-order valence-electron chi connectivity index (χ3n) is 4.45. The molecule has 3 rings (SSSR count). The summed E-state index contributed by atoms with van der Waals surface area (Å²) in [6.45, 7) is 1.91. The van der Waals surface area contributed by atoms with Crippen LogP contribution in [-0.4, -0.2) is 37.0 Å². The highest BCUT2D eigenvalue weighted by atomic mass is 19.2. The highest BCUT2D eigenvalue weighted by Gasteiger charge is 2.31. The Morgan fingerprint density at radius 2 is 1.31 bits per heavy atom. The van der Waals surface area contributed by atoms with Gasteiger partial charge in [-0.15, -0.1) is 0 Å². The van der Waals surface area contributed by atoms with Crippen molar-refractivity contribution >= 4 is 11.6 Å². The van der Waals surface area contributed by atoms with Crippen molar-refractivity contribution in [3.8, 4) is 0 Å². The largest absolute Gasteiger partial charge is 0.363 e. The molecule has 0 saturated carbocycles. The molecular formula is C18H15F5N2O. The van der Waals surface area contributed by atoms with Crippen molar-refractivity contribution < 1.29 is 26.7 Å². The molecule has 1 aliphatic heterocycles. The standard InChI is InChI=1S/C18H15F5N2O/c1-10-4-2-3-5-11(10)18(26)25-8-6-24(7-9-25)17-15(22)13(20)12(19)14(21)16(17)23/h2-5H,6-9H2,1H3. The van der Waals surface area contributed by atoms with Gasteiger partial charge in [0.2, 0.25) is 5.82 Å². The number of anilines is 1. The van der Waals surface area contributed by atoms with Crippen LogP contribution in [0.3, 0.4) is 0 Å². The first kappa shape index (κ1) is 18.2. The predicted molar refractivity (Wildman–Crippen MR) is 85.5 cm³/mol. The lowest BCUT2D eigenvalue weighted by Gasteiger charge is -2.36. The van der Waals surface area contributed by atoms with Crippen LogP contribution in [0.15, 0.2) is 24.3 Å². The van der Waals surface area contributed by atoms with Crippen molar-refractivity contribution in [1.82, 2.24) is 4.90 Å². The fourth-order valence-electron chi connectivity index (χ4n) is 2.99. The van der Waals surface area contributed by atoms with E-state index >= 15 is 0 Å². The van der Waals surface area contributed by atoms with Crippen LogP contribution in [0.2, 0.25) is 0 Å². The molecule has 1 aliphatic rings. The zero-order chi connectivity index (χ0) is 19.0. The first-order valence-electron chi connectivity index (χ1n) is 7.94.